The highest BCUT2D eigenvalue weighted by Crippen LogP contribution is 2.22. The van der Waals surface area contributed by atoms with Crippen LogP contribution in [0.1, 0.15) is 36.8 Å². The van der Waals surface area contributed by atoms with Crippen LogP contribution in [-0.2, 0) is 16.0 Å². The van der Waals surface area contributed by atoms with Crippen LogP contribution in [0, 0.1) is 0 Å². The van der Waals surface area contributed by atoms with Crippen LogP contribution >= 0.6 is 11.6 Å². The van der Waals surface area contributed by atoms with Gasteiger partial charge in [0.05, 0.1) is 6.61 Å². The molecule has 0 aromatic heterocycles. The minimum absolute atomic E-state index is 0.357. The first kappa shape index (κ1) is 13.0. The minimum atomic E-state index is -0.698. The number of alkyl halides is 1. The second-order valence-corrected chi connectivity index (χ2v) is 4.04. The van der Waals surface area contributed by atoms with E-state index in [4.69, 9.17) is 16.3 Å². The third-order valence-corrected chi connectivity index (χ3v) is 2.73. The first-order chi connectivity index (χ1) is 7.69. The number of benzene rings is 1. The number of aryl methyl sites for hydroxylation is 1. The molecule has 0 aliphatic heterocycles. The summed E-state index contributed by atoms with van der Waals surface area (Å²) >= 11 is 5.99. The second kappa shape index (κ2) is 6.54. The predicted octanol–water partition coefficient (Wildman–Crippen LogP) is 3.48. The van der Waals surface area contributed by atoms with Gasteiger partial charge in [-0.15, -0.1) is 11.6 Å². The normalized spacial score (nSPS) is 12.2. The molecule has 0 aliphatic carbocycles. The Kier molecular flexibility index (Phi) is 5.33. The third kappa shape index (κ3) is 3.53. The van der Waals surface area contributed by atoms with Gasteiger partial charge in [-0.3, -0.25) is 4.79 Å². The summed E-state index contributed by atoms with van der Waals surface area (Å²) in [5.74, 6) is -0.382. The lowest BCUT2D eigenvalue weighted by Gasteiger charge is -2.09. The topological polar surface area (TPSA) is 26.3 Å². The van der Waals surface area contributed by atoms with Crippen molar-refractivity contribution in [2.45, 2.75) is 32.1 Å². The first-order valence-electron chi connectivity index (χ1n) is 5.58. The number of carbonyl (C=O) groups excluding carboxylic acids is 1. The summed E-state index contributed by atoms with van der Waals surface area (Å²) in [5, 5.41) is -0.698. The van der Waals surface area contributed by atoms with E-state index in [1.807, 2.05) is 24.3 Å². The van der Waals surface area contributed by atoms with Gasteiger partial charge in [0.25, 0.3) is 0 Å². The van der Waals surface area contributed by atoms with Crippen molar-refractivity contribution >= 4 is 17.6 Å². The van der Waals surface area contributed by atoms with Gasteiger partial charge in [0, 0.05) is 0 Å². The van der Waals surface area contributed by atoms with Crippen LogP contribution in [0.25, 0.3) is 0 Å². The maximum absolute atomic E-state index is 11.4. The molecule has 3 heteroatoms. The first-order valence-corrected chi connectivity index (χ1v) is 6.02. The second-order valence-electron chi connectivity index (χ2n) is 3.61. The van der Waals surface area contributed by atoms with Crippen LogP contribution in [0.3, 0.4) is 0 Å². The van der Waals surface area contributed by atoms with Gasteiger partial charge >= 0.3 is 5.97 Å². The highest BCUT2D eigenvalue weighted by atomic mass is 35.5. The molecule has 0 spiro atoms. The zero-order valence-corrected chi connectivity index (χ0v) is 10.5. The van der Waals surface area contributed by atoms with Crippen molar-refractivity contribution in [2.24, 2.45) is 0 Å². The summed E-state index contributed by atoms with van der Waals surface area (Å²) < 4.78 is 4.86. The minimum Gasteiger partial charge on any atom is -0.465 e. The Labute approximate surface area is 102 Å². The number of ether oxygens (including phenoxy) is 1. The van der Waals surface area contributed by atoms with E-state index in [0.717, 1.165) is 18.4 Å². The highest BCUT2D eigenvalue weighted by Gasteiger charge is 2.18. The fraction of sp³-hybridized carbons (Fsp3) is 0.462. The summed E-state index contributed by atoms with van der Waals surface area (Å²) in [6.45, 7) is 4.26. The van der Waals surface area contributed by atoms with Gasteiger partial charge in [-0.05, 0) is 24.5 Å². The van der Waals surface area contributed by atoms with E-state index < -0.39 is 5.38 Å². The quantitative estimate of drug-likeness (QED) is 0.582. The number of rotatable bonds is 5. The van der Waals surface area contributed by atoms with E-state index in [1.165, 1.54) is 5.56 Å². The monoisotopic (exact) mass is 240 g/mol. The van der Waals surface area contributed by atoms with Crippen LogP contribution in [0.2, 0.25) is 0 Å². The molecule has 0 saturated heterocycles. The van der Waals surface area contributed by atoms with Crippen molar-refractivity contribution in [2.75, 3.05) is 6.61 Å². The van der Waals surface area contributed by atoms with Crippen LogP contribution < -0.4 is 0 Å². The predicted molar refractivity (Wildman–Crippen MR) is 65.7 cm³/mol. The van der Waals surface area contributed by atoms with Gasteiger partial charge in [-0.25, -0.2) is 0 Å². The van der Waals surface area contributed by atoms with Crippen molar-refractivity contribution in [1.82, 2.24) is 0 Å². The Hall–Kier alpha value is -1.02. The van der Waals surface area contributed by atoms with Crippen LogP contribution in [0.15, 0.2) is 24.3 Å². The maximum atomic E-state index is 11.4. The molecule has 0 radical (unpaired) electrons. The van der Waals surface area contributed by atoms with Gasteiger partial charge in [0.15, 0.2) is 5.38 Å². The Morgan fingerprint density at radius 1 is 1.31 bits per heavy atom. The molecular formula is C13H17ClO2. The standard InChI is InChI=1S/C13H17ClO2/c1-3-5-10-6-8-11(9-7-10)12(14)13(15)16-4-2/h6-9,12H,3-5H2,1-2H3. The molecule has 1 unspecified atom stereocenters. The lowest BCUT2D eigenvalue weighted by atomic mass is 10.1. The summed E-state index contributed by atoms with van der Waals surface area (Å²) in [6.07, 6.45) is 2.16. The molecule has 0 N–H and O–H groups in total. The molecule has 16 heavy (non-hydrogen) atoms. The largest absolute Gasteiger partial charge is 0.465 e. The molecule has 0 heterocycles. The summed E-state index contributed by atoms with van der Waals surface area (Å²) in [5.41, 5.74) is 2.05. The third-order valence-electron chi connectivity index (χ3n) is 2.30. The lowest BCUT2D eigenvalue weighted by molar-refractivity contribution is -0.142. The Bertz CT molecular complexity index is 332. The number of hydrogen-bond acceptors (Lipinski definition) is 2. The van der Waals surface area contributed by atoms with Crippen LogP contribution in [0.5, 0.6) is 0 Å². The lowest BCUT2D eigenvalue weighted by Crippen LogP contribution is -2.11. The average Bonchev–Trinajstić information content (AvgIpc) is 2.30. The number of halogens is 1. The zero-order valence-electron chi connectivity index (χ0n) is 9.70. The maximum Gasteiger partial charge on any atom is 0.328 e. The fourth-order valence-electron chi connectivity index (χ4n) is 1.49. The summed E-state index contributed by atoms with van der Waals surface area (Å²) in [6, 6.07) is 7.79. The molecule has 1 rings (SSSR count). The number of carbonyl (C=O) groups is 1. The number of hydrogen-bond donors (Lipinski definition) is 0. The van der Waals surface area contributed by atoms with Crippen LogP contribution in [-0.4, -0.2) is 12.6 Å². The van der Waals surface area contributed by atoms with E-state index >= 15 is 0 Å². The fourth-order valence-corrected chi connectivity index (χ4v) is 1.70. The van der Waals surface area contributed by atoms with Gasteiger partial charge in [0.2, 0.25) is 0 Å². The molecule has 0 fully saturated rings. The van der Waals surface area contributed by atoms with Crippen molar-refractivity contribution < 1.29 is 9.53 Å². The summed E-state index contributed by atoms with van der Waals surface area (Å²) in [7, 11) is 0. The van der Waals surface area contributed by atoms with Gasteiger partial charge in [-0.2, -0.15) is 0 Å². The molecule has 0 amide bonds. The molecular weight excluding hydrogens is 224 g/mol. The Morgan fingerprint density at radius 2 is 1.94 bits per heavy atom. The van der Waals surface area contributed by atoms with Gasteiger partial charge in [-0.1, -0.05) is 37.6 Å². The molecule has 0 bridgehead atoms. The Morgan fingerprint density at radius 3 is 2.44 bits per heavy atom. The van der Waals surface area contributed by atoms with Gasteiger partial charge in [0.1, 0.15) is 0 Å². The van der Waals surface area contributed by atoms with E-state index in [1.54, 1.807) is 6.92 Å². The molecule has 1 aromatic rings. The molecule has 0 aliphatic rings. The molecule has 0 saturated carbocycles. The van der Waals surface area contributed by atoms with E-state index in [0.29, 0.717) is 6.61 Å². The highest BCUT2D eigenvalue weighted by molar-refractivity contribution is 6.29. The molecule has 2 nitrogen and oxygen atoms in total. The van der Waals surface area contributed by atoms with Crippen molar-refractivity contribution in [1.29, 1.82) is 0 Å². The SMILES string of the molecule is CCCc1ccc(C(Cl)C(=O)OCC)cc1. The Balaban J connectivity index is 2.69. The van der Waals surface area contributed by atoms with Crippen molar-refractivity contribution in [3.05, 3.63) is 35.4 Å². The zero-order chi connectivity index (χ0) is 12.0. The van der Waals surface area contributed by atoms with Crippen LogP contribution in [0.4, 0.5) is 0 Å². The van der Waals surface area contributed by atoms with Crippen molar-refractivity contribution in [3.8, 4) is 0 Å². The summed E-state index contributed by atoms with van der Waals surface area (Å²) in [4.78, 5) is 11.4. The van der Waals surface area contributed by atoms with E-state index in [9.17, 15) is 4.79 Å². The van der Waals surface area contributed by atoms with Gasteiger partial charge < -0.3 is 4.74 Å². The average molecular weight is 241 g/mol. The smallest absolute Gasteiger partial charge is 0.328 e. The van der Waals surface area contributed by atoms with E-state index in [-0.39, 0.29) is 5.97 Å². The number of esters is 1. The van der Waals surface area contributed by atoms with E-state index in [2.05, 4.69) is 6.92 Å². The molecule has 88 valence electrons. The van der Waals surface area contributed by atoms with Crippen molar-refractivity contribution in [3.63, 3.8) is 0 Å². The molecule has 1 atom stereocenters. The molecule has 1 aromatic carbocycles.